The molecule has 1 amide bonds. The SMILES string of the molecule is CC(CC#N)N(C)c1ncccc1C(N)=O. The molecule has 5 heteroatoms. The van der Waals surface area contributed by atoms with Crippen LogP contribution >= 0.6 is 0 Å². The fourth-order valence-corrected chi connectivity index (χ4v) is 1.35. The van der Waals surface area contributed by atoms with Gasteiger partial charge in [-0.1, -0.05) is 0 Å². The van der Waals surface area contributed by atoms with E-state index in [1.807, 2.05) is 6.92 Å². The Labute approximate surface area is 94.5 Å². The van der Waals surface area contributed by atoms with Crippen LogP contribution in [-0.4, -0.2) is 24.0 Å². The molecule has 1 unspecified atom stereocenters. The summed E-state index contributed by atoms with van der Waals surface area (Å²) >= 11 is 0. The lowest BCUT2D eigenvalue weighted by molar-refractivity contribution is 0.100. The Hall–Kier alpha value is -2.09. The van der Waals surface area contributed by atoms with Crippen molar-refractivity contribution >= 4 is 11.7 Å². The summed E-state index contributed by atoms with van der Waals surface area (Å²) in [6.07, 6.45) is 1.96. The Morgan fingerprint density at radius 2 is 2.44 bits per heavy atom. The van der Waals surface area contributed by atoms with Gasteiger partial charge in [-0.3, -0.25) is 4.79 Å². The lowest BCUT2D eigenvalue weighted by Gasteiger charge is -2.25. The van der Waals surface area contributed by atoms with E-state index >= 15 is 0 Å². The highest BCUT2D eigenvalue weighted by molar-refractivity contribution is 5.97. The molecule has 16 heavy (non-hydrogen) atoms. The molecule has 1 aromatic rings. The van der Waals surface area contributed by atoms with Crippen molar-refractivity contribution in [3.05, 3.63) is 23.9 Å². The number of hydrogen-bond acceptors (Lipinski definition) is 4. The maximum Gasteiger partial charge on any atom is 0.252 e. The quantitative estimate of drug-likeness (QED) is 0.814. The lowest BCUT2D eigenvalue weighted by atomic mass is 10.2. The van der Waals surface area contributed by atoms with Crippen molar-refractivity contribution in [2.45, 2.75) is 19.4 Å². The Kier molecular flexibility index (Phi) is 3.84. The van der Waals surface area contributed by atoms with Crippen LogP contribution in [-0.2, 0) is 0 Å². The Morgan fingerprint density at radius 1 is 1.75 bits per heavy atom. The third-order valence-electron chi connectivity index (χ3n) is 2.43. The second-order valence-corrected chi connectivity index (χ2v) is 3.56. The van der Waals surface area contributed by atoms with E-state index in [1.165, 1.54) is 0 Å². The highest BCUT2D eigenvalue weighted by Crippen LogP contribution is 2.18. The standard InChI is InChI=1S/C11H14N4O/c1-8(5-6-12)15(2)11-9(10(13)16)4-3-7-14-11/h3-4,7-8H,5H2,1-2H3,(H2,13,16). The van der Waals surface area contributed by atoms with E-state index in [0.717, 1.165) is 0 Å². The zero-order valence-corrected chi connectivity index (χ0v) is 9.34. The Bertz CT molecular complexity index is 424. The molecule has 0 spiro atoms. The minimum Gasteiger partial charge on any atom is -0.365 e. The first-order valence-corrected chi connectivity index (χ1v) is 4.92. The predicted octanol–water partition coefficient (Wildman–Crippen LogP) is 0.919. The van der Waals surface area contributed by atoms with E-state index in [4.69, 9.17) is 11.0 Å². The highest BCUT2D eigenvalue weighted by Gasteiger charge is 2.16. The van der Waals surface area contributed by atoms with Crippen LogP contribution < -0.4 is 10.6 Å². The molecule has 0 radical (unpaired) electrons. The van der Waals surface area contributed by atoms with E-state index in [0.29, 0.717) is 17.8 Å². The molecule has 84 valence electrons. The summed E-state index contributed by atoms with van der Waals surface area (Å²) in [6.45, 7) is 1.89. The molecule has 0 aliphatic carbocycles. The second kappa shape index (κ2) is 5.12. The number of anilines is 1. The van der Waals surface area contributed by atoms with E-state index in [2.05, 4.69) is 11.1 Å². The monoisotopic (exact) mass is 218 g/mol. The van der Waals surface area contributed by atoms with Crippen molar-refractivity contribution in [2.75, 3.05) is 11.9 Å². The number of nitrogens with two attached hydrogens (primary N) is 1. The summed E-state index contributed by atoms with van der Waals surface area (Å²) in [5.41, 5.74) is 5.63. The van der Waals surface area contributed by atoms with Gasteiger partial charge in [0.25, 0.3) is 5.91 Å². The molecule has 1 rings (SSSR count). The number of amides is 1. The molecule has 1 atom stereocenters. The van der Waals surface area contributed by atoms with Crippen molar-refractivity contribution in [1.82, 2.24) is 4.98 Å². The number of pyridine rings is 1. The van der Waals surface area contributed by atoms with E-state index in [-0.39, 0.29) is 6.04 Å². The number of aromatic nitrogens is 1. The van der Waals surface area contributed by atoms with Gasteiger partial charge in [0.2, 0.25) is 0 Å². The number of carbonyl (C=O) groups excluding carboxylic acids is 1. The molecule has 0 fully saturated rings. The third kappa shape index (κ3) is 2.48. The summed E-state index contributed by atoms with van der Waals surface area (Å²) < 4.78 is 0. The van der Waals surface area contributed by atoms with Crippen LogP contribution in [0.1, 0.15) is 23.7 Å². The van der Waals surface area contributed by atoms with Crippen LogP contribution in [0.2, 0.25) is 0 Å². The third-order valence-corrected chi connectivity index (χ3v) is 2.43. The van der Waals surface area contributed by atoms with Crippen LogP contribution in [0.25, 0.3) is 0 Å². The van der Waals surface area contributed by atoms with Crippen molar-refractivity contribution < 1.29 is 4.79 Å². The van der Waals surface area contributed by atoms with Crippen LogP contribution in [0.15, 0.2) is 18.3 Å². The fraction of sp³-hybridized carbons (Fsp3) is 0.364. The number of hydrogen-bond donors (Lipinski definition) is 1. The number of nitrogens with zero attached hydrogens (tertiary/aromatic N) is 3. The molecule has 0 aliphatic rings. The molecule has 1 aromatic heterocycles. The number of nitriles is 1. The van der Waals surface area contributed by atoms with Gasteiger partial charge in [-0.15, -0.1) is 0 Å². The minimum absolute atomic E-state index is 0.0157. The van der Waals surface area contributed by atoms with Gasteiger partial charge in [0.05, 0.1) is 18.1 Å². The molecule has 0 aromatic carbocycles. The number of rotatable bonds is 4. The fourth-order valence-electron chi connectivity index (χ4n) is 1.35. The molecule has 0 saturated heterocycles. The zero-order valence-electron chi connectivity index (χ0n) is 9.34. The minimum atomic E-state index is -0.515. The highest BCUT2D eigenvalue weighted by atomic mass is 16.1. The van der Waals surface area contributed by atoms with Gasteiger partial charge in [0.1, 0.15) is 5.82 Å². The second-order valence-electron chi connectivity index (χ2n) is 3.56. The maximum absolute atomic E-state index is 11.2. The first kappa shape index (κ1) is 12.0. The van der Waals surface area contributed by atoms with Crippen LogP contribution in [0.5, 0.6) is 0 Å². The topological polar surface area (TPSA) is 83.0 Å². The van der Waals surface area contributed by atoms with E-state index < -0.39 is 5.91 Å². The van der Waals surface area contributed by atoms with E-state index in [9.17, 15) is 4.79 Å². The smallest absolute Gasteiger partial charge is 0.252 e. The summed E-state index contributed by atoms with van der Waals surface area (Å²) in [6, 6.07) is 5.35. The number of primary amides is 1. The summed E-state index contributed by atoms with van der Waals surface area (Å²) in [5, 5.41) is 8.62. The number of carbonyl (C=O) groups is 1. The molecule has 0 aliphatic heterocycles. The summed E-state index contributed by atoms with van der Waals surface area (Å²) in [7, 11) is 1.79. The van der Waals surface area contributed by atoms with Crippen LogP contribution in [0, 0.1) is 11.3 Å². The largest absolute Gasteiger partial charge is 0.365 e. The predicted molar refractivity (Wildman–Crippen MR) is 60.8 cm³/mol. The van der Waals surface area contributed by atoms with Crippen LogP contribution in [0.3, 0.4) is 0 Å². The van der Waals surface area contributed by atoms with Crippen molar-refractivity contribution in [1.29, 1.82) is 5.26 Å². The molecule has 1 heterocycles. The zero-order chi connectivity index (χ0) is 12.1. The van der Waals surface area contributed by atoms with Gasteiger partial charge in [-0.2, -0.15) is 5.26 Å². The molecule has 0 saturated carbocycles. The Morgan fingerprint density at radius 3 is 3.00 bits per heavy atom. The van der Waals surface area contributed by atoms with Gasteiger partial charge in [-0.05, 0) is 19.1 Å². The average molecular weight is 218 g/mol. The molecule has 0 bridgehead atoms. The van der Waals surface area contributed by atoms with Crippen molar-refractivity contribution in [2.24, 2.45) is 5.73 Å². The molecular weight excluding hydrogens is 204 g/mol. The first-order valence-electron chi connectivity index (χ1n) is 4.92. The average Bonchev–Trinajstić information content (AvgIpc) is 2.28. The molecular formula is C11H14N4O. The van der Waals surface area contributed by atoms with Gasteiger partial charge in [-0.25, -0.2) is 4.98 Å². The van der Waals surface area contributed by atoms with Gasteiger partial charge in [0.15, 0.2) is 0 Å². The maximum atomic E-state index is 11.2. The van der Waals surface area contributed by atoms with Gasteiger partial charge >= 0.3 is 0 Å². The van der Waals surface area contributed by atoms with Gasteiger partial charge in [0, 0.05) is 19.3 Å². The lowest BCUT2D eigenvalue weighted by Crippen LogP contribution is -2.31. The van der Waals surface area contributed by atoms with Gasteiger partial charge < -0.3 is 10.6 Å². The van der Waals surface area contributed by atoms with E-state index in [1.54, 1.807) is 30.3 Å². The molecule has 5 nitrogen and oxygen atoms in total. The molecule has 2 N–H and O–H groups in total. The summed E-state index contributed by atoms with van der Waals surface area (Å²) in [5.74, 6) is -0.00291. The first-order chi connectivity index (χ1) is 7.57. The Balaban J connectivity index is 3.04. The summed E-state index contributed by atoms with van der Waals surface area (Å²) in [4.78, 5) is 17.1. The van der Waals surface area contributed by atoms with Crippen molar-refractivity contribution in [3.8, 4) is 6.07 Å². The van der Waals surface area contributed by atoms with Crippen molar-refractivity contribution in [3.63, 3.8) is 0 Å². The van der Waals surface area contributed by atoms with Crippen LogP contribution in [0.4, 0.5) is 5.82 Å². The normalized spacial score (nSPS) is 11.6.